The van der Waals surface area contributed by atoms with Gasteiger partial charge in [0.15, 0.2) is 11.5 Å². The normalized spacial score (nSPS) is 24.3. The number of carbonyl (C=O) groups excluding carboxylic acids is 2. The van der Waals surface area contributed by atoms with Crippen LogP contribution < -0.4 is 9.47 Å². The van der Waals surface area contributed by atoms with Crippen molar-refractivity contribution >= 4 is 11.8 Å². The van der Waals surface area contributed by atoms with Gasteiger partial charge in [0.2, 0.25) is 5.78 Å². The number of nitrogens with zero attached hydrogens (tertiary/aromatic N) is 1. The molecule has 1 heterocycles. The number of hydrogen-bond acceptors (Lipinski definition) is 7. The van der Waals surface area contributed by atoms with Gasteiger partial charge >= 0.3 is 5.97 Å². The van der Waals surface area contributed by atoms with Crippen LogP contribution in [0.15, 0.2) is 41.5 Å². The number of rotatable bonds is 6. The molecule has 1 aliphatic heterocycles. The first kappa shape index (κ1) is 21.1. The van der Waals surface area contributed by atoms with Crippen molar-refractivity contribution < 1.29 is 28.5 Å². The van der Waals surface area contributed by atoms with Crippen molar-refractivity contribution in [2.24, 2.45) is 0 Å². The molecule has 1 fully saturated rings. The second-order valence-electron chi connectivity index (χ2n) is 7.24. The Bertz CT molecular complexity index is 874. The number of fused-ring (bicyclic) bond motifs is 1. The number of hydrogen-bond donors (Lipinski definition) is 0. The molecule has 0 aromatic heterocycles. The van der Waals surface area contributed by atoms with Crippen LogP contribution in [0.25, 0.3) is 0 Å². The third-order valence-electron chi connectivity index (χ3n) is 5.47. The first-order valence-electron chi connectivity index (χ1n) is 9.47. The molecule has 7 nitrogen and oxygen atoms in total. The van der Waals surface area contributed by atoms with Crippen LogP contribution in [0.3, 0.4) is 0 Å². The van der Waals surface area contributed by atoms with Gasteiger partial charge in [-0.2, -0.15) is 0 Å². The highest BCUT2D eigenvalue weighted by Gasteiger charge is 2.45. The summed E-state index contributed by atoms with van der Waals surface area (Å²) in [5.74, 6) is -1.32. The lowest BCUT2D eigenvalue weighted by Gasteiger charge is -2.40. The highest BCUT2D eigenvalue weighted by atomic mass is 16.7. The maximum absolute atomic E-state index is 12.7. The molecule has 1 aliphatic carbocycles. The topological polar surface area (TPSA) is 74.3 Å². The molecule has 0 N–H and O–H groups in total. The summed E-state index contributed by atoms with van der Waals surface area (Å²) in [6, 6.07) is 5.82. The van der Waals surface area contributed by atoms with Crippen molar-refractivity contribution in [3.63, 3.8) is 0 Å². The Balaban J connectivity index is 1.98. The fourth-order valence-electron chi connectivity index (χ4n) is 3.92. The van der Waals surface area contributed by atoms with Crippen LogP contribution in [0.5, 0.6) is 11.5 Å². The Morgan fingerprint density at radius 1 is 1.21 bits per heavy atom. The highest BCUT2D eigenvalue weighted by molar-refractivity contribution is 6.01. The Labute approximate surface area is 170 Å². The van der Waals surface area contributed by atoms with Gasteiger partial charge in [-0.3, -0.25) is 14.5 Å². The molecule has 2 atom stereocenters. The fraction of sp³-hybridized carbons (Fsp3) is 0.455. The zero-order valence-electron chi connectivity index (χ0n) is 17.5. The van der Waals surface area contributed by atoms with Gasteiger partial charge in [-0.05, 0) is 54.8 Å². The Morgan fingerprint density at radius 2 is 1.93 bits per heavy atom. The van der Waals surface area contributed by atoms with Crippen LogP contribution >= 0.6 is 0 Å². The number of benzene rings is 1. The van der Waals surface area contributed by atoms with E-state index in [1.807, 2.05) is 25.2 Å². The van der Waals surface area contributed by atoms with Crippen molar-refractivity contribution in [1.82, 2.24) is 4.90 Å². The van der Waals surface area contributed by atoms with Crippen LogP contribution in [0, 0.1) is 0 Å². The van der Waals surface area contributed by atoms with Gasteiger partial charge in [-0.15, -0.1) is 0 Å². The fourth-order valence-corrected chi connectivity index (χ4v) is 3.92. The molecule has 1 aromatic carbocycles. The van der Waals surface area contributed by atoms with E-state index in [9.17, 15) is 9.59 Å². The summed E-state index contributed by atoms with van der Waals surface area (Å²) in [7, 11) is 6.62. The van der Waals surface area contributed by atoms with Gasteiger partial charge in [-0.25, -0.2) is 0 Å². The van der Waals surface area contributed by atoms with E-state index >= 15 is 0 Å². The molecule has 0 bridgehead atoms. The van der Waals surface area contributed by atoms with E-state index in [2.05, 4.69) is 4.90 Å². The van der Waals surface area contributed by atoms with Crippen molar-refractivity contribution in [3.05, 3.63) is 47.1 Å². The smallest absolute Gasteiger partial charge is 0.305 e. The third-order valence-corrected chi connectivity index (χ3v) is 5.47. The number of piperidine rings is 1. The highest BCUT2D eigenvalue weighted by Crippen LogP contribution is 2.37. The van der Waals surface area contributed by atoms with Gasteiger partial charge in [0.25, 0.3) is 5.79 Å². The molecular formula is C22H27NO6. The lowest BCUT2D eigenvalue weighted by Crippen LogP contribution is -2.49. The molecule has 29 heavy (non-hydrogen) atoms. The summed E-state index contributed by atoms with van der Waals surface area (Å²) >= 11 is 0. The van der Waals surface area contributed by atoms with E-state index in [0.29, 0.717) is 17.9 Å². The molecule has 1 aromatic rings. The number of likely N-dealkylation sites (tertiary alicyclic amines) is 1. The molecule has 0 spiro atoms. The van der Waals surface area contributed by atoms with E-state index < -0.39 is 11.8 Å². The molecule has 0 amide bonds. The monoisotopic (exact) mass is 401 g/mol. The Kier molecular flexibility index (Phi) is 6.10. The predicted octanol–water partition coefficient (Wildman–Crippen LogP) is 2.29. The number of esters is 1. The lowest BCUT2D eigenvalue weighted by atomic mass is 9.81. The zero-order chi connectivity index (χ0) is 21.2. The van der Waals surface area contributed by atoms with Crippen LogP contribution in [-0.4, -0.2) is 63.4 Å². The first-order valence-corrected chi connectivity index (χ1v) is 9.47. The van der Waals surface area contributed by atoms with Gasteiger partial charge in [0.1, 0.15) is 0 Å². The van der Waals surface area contributed by atoms with Crippen molar-refractivity contribution in [2.75, 3.05) is 34.9 Å². The molecule has 2 aliphatic rings. The maximum Gasteiger partial charge on any atom is 0.305 e. The van der Waals surface area contributed by atoms with Gasteiger partial charge in [-0.1, -0.05) is 6.07 Å². The Hall–Kier alpha value is -2.64. The van der Waals surface area contributed by atoms with Crippen LogP contribution in [0.1, 0.15) is 18.9 Å². The summed E-state index contributed by atoms with van der Waals surface area (Å²) < 4.78 is 21.4. The molecule has 156 valence electrons. The molecular weight excluding hydrogens is 374 g/mol. The van der Waals surface area contributed by atoms with Gasteiger partial charge in [0.05, 0.1) is 14.2 Å². The molecule has 7 heteroatoms. The van der Waals surface area contributed by atoms with Crippen molar-refractivity contribution in [1.29, 1.82) is 0 Å². The molecule has 3 rings (SSSR count). The zero-order valence-corrected chi connectivity index (χ0v) is 17.5. The minimum Gasteiger partial charge on any atom is -0.493 e. The lowest BCUT2D eigenvalue weighted by molar-refractivity contribution is -0.199. The van der Waals surface area contributed by atoms with E-state index in [0.717, 1.165) is 29.7 Å². The van der Waals surface area contributed by atoms with Crippen molar-refractivity contribution in [2.45, 2.75) is 31.6 Å². The van der Waals surface area contributed by atoms with Crippen LogP contribution in [0.2, 0.25) is 0 Å². The average molecular weight is 401 g/mol. The number of methoxy groups -OCH3 is 3. The largest absolute Gasteiger partial charge is 0.493 e. The number of ketones is 1. The van der Waals surface area contributed by atoms with Gasteiger partial charge in [0, 0.05) is 32.7 Å². The SMILES string of the molecule is COc1ccc(CC2C3=CC(OC)(OC(C)=O)C(=O)C=C3CCN2C)cc1OC. The maximum atomic E-state index is 12.7. The van der Waals surface area contributed by atoms with Crippen molar-refractivity contribution in [3.8, 4) is 11.5 Å². The summed E-state index contributed by atoms with van der Waals surface area (Å²) in [6.07, 6.45) is 4.65. The number of ether oxygens (including phenoxy) is 4. The second-order valence-corrected chi connectivity index (χ2v) is 7.24. The Morgan fingerprint density at radius 3 is 2.55 bits per heavy atom. The summed E-state index contributed by atoms with van der Waals surface area (Å²) in [5.41, 5.74) is 2.96. The number of likely N-dealkylation sites (N-methyl/N-ethyl adjacent to an activating group) is 1. The second kappa shape index (κ2) is 8.39. The number of carbonyl (C=O) groups is 2. The molecule has 1 saturated heterocycles. The van der Waals surface area contributed by atoms with Gasteiger partial charge < -0.3 is 18.9 Å². The molecule has 0 saturated carbocycles. The summed E-state index contributed by atoms with van der Waals surface area (Å²) in [4.78, 5) is 26.5. The molecule has 0 radical (unpaired) electrons. The third kappa shape index (κ3) is 4.06. The summed E-state index contributed by atoms with van der Waals surface area (Å²) in [6.45, 7) is 2.09. The molecule has 2 unspecified atom stereocenters. The summed E-state index contributed by atoms with van der Waals surface area (Å²) in [5, 5.41) is 0. The van der Waals surface area contributed by atoms with Crippen LogP contribution in [0.4, 0.5) is 0 Å². The first-order chi connectivity index (χ1) is 13.8. The predicted molar refractivity (Wildman–Crippen MR) is 107 cm³/mol. The quantitative estimate of drug-likeness (QED) is 0.535. The van der Waals surface area contributed by atoms with E-state index in [4.69, 9.17) is 18.9 Å². The standard InChI is InChI=1S/C22H27NO6/c1-14(24)29-22(28-5)13-17-16(12-21(22)25)8-9-23(2)18(17)10-15-6-7-19(26-3)20(11-15)27-4/h6-7,11-13,18H,8-10H2,1-5H3. The van der Waals surface area contributed by atoms with Crippen LogP contribution in [-0.2, 0) is 25.5 Å². The minimum absolute atomic E-state index is 0.00807. The van der Waals surface area contributed by atoms with E-state index in [1.54, 1.807) is 26.4 Å². The van der Waals surface area contributed by atoms with E-state index in [1.165, 1.54) is 14.0 Å². The van der Waals surface area contributed by atoms with E-state index in [-0.39, 0.29) is 11.8 Å². The average Bonchev–Trinajstić information content (AvgIpc) is 2.70. The minimum atomic E-state index is -1.71.